The smallest absolute Gasteiger partial charge is 0.326 e. The SMILES string of the molecule is O=C(O)[C@H]1CCCN1C(=O)Nc1c(F)cc(F)cc1Cl. The van der Waals surface area contributed by atoms with Gasteiger partial charge in [0.2, 0.25) is 0 Å². The monoisotopic (exact) mass is 304 g/mol. The van der Waals surface area contributed by atoms with Gasteiger partial charge in [-0.3, -0.25) is 0 Å². The van der Waals surface area contributed by atoms with Crippen molar-refractivity contribution in [2.45, 2.75) is 18.9 Å². The first-order valence-corrected chi connectivity index (χ1v) is 6.23. The normalized spacial score (nSPS) is 18.1. The Morgan fingerprint density at radius 1 is 1.40 bits per heavy atom. The van der Waals surface area contributed by atoms with Gasteiger partial charge in [0.05, 0.1) is 10.7 Å². The maximum Gasteiger partial charge on any atom is 0.326 e. The number of rotatable bonds is 2. The van der Waals surface area contributed by atoms with Gasteiger partial charge in [0.15, 0.2) is 5.82 Å². The third kappa shape index (κ3) is 2.82. The van der Waals surface area contributed by atoms with Crippen molar-refractivity contribution < 1.29 is 23.5 Å². The summed E-state index contributed by atoms with van der Waals surface area (Å²) in [4.78, 5) is 24.0. The van der Waals surface area contributed by atoms with E-state index in [4.69, 9.17) is 16.7 Å². The molecule has 1 saturated heterocycles. The fraction of sp³-hybridized carbons (Fsp3) is 0.333. The molecule has 1 heterocycles. The number of nitrogens with one attached hydrogen (secondary N) is 1. The van der Waals surface area contributed by atoms with E-state index in [-0.39, 0.29) is 17.3 Å². The second-order valence-corrected chi connectivity index (χ2v) is 4.77. The van der Waals surface area contributed by atoms with Crippen LogP contribution in [0, 0.1) is 11.6 Å². The molecule has 8 heteroatoms. The van der Waals surface area contributed by atoms with Crippen LogP contribution in [0.3, 0.4) is 0 Å². The molecule has 0 radical (unpaired) electrons. The number of carboxylic acids is 1. The summed E-state index contributed by atoms with van der Waals surface area (Å²) >= 11 is 5.65. The minimum absolute atomic E-state index is 0.253. The standard InChI is InChI=1S/C12H11ClF2N2O3/c13-7-4-6(14)5-8(15)10(7)16-12(20)17-3-1-2-9(17)11(18)19/h4-5,9H,1-3H2,(H,16,20)(H,18,19)/t9-/m1/s1. The molecule has 0 aromatic heterocycles. The zero-order valence-corrected chi connectivity index (χ0v) is 11.0. The summed E-state index contributed by atoms with van der Waals surface area (Å²) in [6.07, 6.45) is 0.881. The number of benzene rings is 1. The van der Waals surface area contributed by atoms with Crippen LogP contribution in [0.5, 0.6) is 0 Å². The maximum atomic E-state index is 13.5. The lowest BCUT2D eigenvalue weighted by molar-refractivity contribution is -0.141. The number of nitrogens with zero attached hydrogens (tertiary/aromatic N) is 1. The molecule has 0 bridgehead atoms. The van der Waals surface area contributed by atoms with Crippen molar-refractivity contribution >= 4 is 29.3 Å². The Morgan fingerprint density at radius 3 is 2.70 bits per heavy atom. The van der Waals surface area contributed by atoms with E-state index in [1.165, 1.54) is 0 Å². The number of hydrogen-bond acceptors (Lipinski definition) is 2. The number of carbonyl (C=O) groups excluding carboxylic acids is 1. The average molecular weight is 305 g/mol. The first kappa shape index (κ1) is 14.5. The largest absolute Gasteiger partial charge is 0.480 e. The van der Waals surface area contributed by atoms with Gasteiger partial charge in [-0.15, -0.1) is 0 Å². The van der Waals surface area contributed by atoms with Crippen LogP contribution in [0.1, 0.15) is 12.8 Å². The predicted octanol–water partition coefficient (Wildman–Crippen LogP) is 2.70. The van der Waals surface area contributed by atoms with Gasteiger partial charge >= 0.3 is 12.0 Å². The Hall–Kier alpha value is -1.89. The van der Waals surface area contributed by atoms with Gasteiger partial charge in [0.25, 0.3) is 0 Å². The molecule has 0 unspecified atom stereocenters. The van der Waals surface area contributed by atoms with Crippen molar-refractivity contribution in [3.63, 3.8) is 0 Å². The fourth-order valence-corrected chi connectivity index (χ4v) is 2.35. The summed E-state index contributed by atoms with van der Waals surface area (Å²) in [5.74, 6) is -3.01. The van der Waals surface area contributed by atoms with Crippen LogP contribution in [0.4, 0.5) is 19.3 Å². The minimum Gasteiger partial charge on any atom is -0.480 e. The molecule has 1 aromatic carbocycles. The van der Waals surface area contributed by atoms with Crippen molar-refractivity contribution in [2.75, 3.05) is 11.9 Å². The van der Waals surface area contributed by atoms with Gasteiger partial charge in [0, 0.05) is 12.6 Å². The summed E-state index contributed by atoms with van der Waals surface area (Å²) in [5.41, 5.74) is -0.367. The summed E-state index contributed by atoms with van der Waals surface area (Å²) in [6.45, 7) is 0.253. The Bertz CT molecular complexity index is 545. The number of hydrogen-bond donors (Lipinski definition) is 2. The molecule has 2 amide bonds. The number of carbonyl (C=O) groups is 2. The number of amides is 2. The van der Waals surface area contributed by atoms with E-state index in [1.54, 1.807) is 0 Å². The lowest BCUT2D eigenvalue weighted by atomic mass is 10.2. The van der Waals surface area contributed by atoms with Gasteiger partial charge in [-0.05, 0) is 18.9 Å². The molecule has 2 rings (SSSR count). The Morgan fingerprint density at radius 2 is 2.10 bits per heavy atom. The van der Waals surface area contributed by atoms with Crippen LogP contribution in [-0.4, -0.2) is 34.6 Å². The second-order valence-electron chi connectivity index (χ2n) is 4.36. The third-order valence-corrected chi connectivity index (χ3v) is 3.34. The van der Waals surface area contributed by atoms with E-state index >= 15 is 0 Å². The van der Waals surface area contributed by atoms with Gasteiger partial charge in [-0.25, -0.2) is 18.4 Å². The molecule has 1 aliphatic heterocycles. The second kappa shape index (κ2) is 5.62. The predicted molar refractivity (Wildman–Crippen MR) is 67.8 cm³/mol. The molecule has 0 spiro atoms. The number of urea groups is 1. The number of carboxylic acid groups (broad SMARTS) is 1. The number of likely N-dealkylation sites (tertiary alicyclic amines) is 1. The first-order chi connectivity index (χ1) is 9.40. The van der Waals surface area contributed by atoms with Crippen molar-refractivity contribution in [1.82, 2.24) is 4.90 Å². The molecule has 0 aliphatic carbocycles. The highest BCUT2D eigenvalue weighted by Gasteiger charge is 2.34. The fourth-order valence-electron chi connectivity index (χ4n) is 2.11. The lowest BCUT2D eigenvalue weighted by Crippen LogP contribution is -2.43. The molecule has 20 heavy (non-hydrogen) atoms. The minimum atomic E-state index is -1.12. The van der Waals surface area contributed by atoms with Crippen LogP contribution in [-0.2, 0) is 4.79 Å². The number of aliphatic carboxylic acids is 1. The molecular weight excluding hydrogens is 294 g/mol. The van der Waals surface area contributed by atoms with Crippen molar-refractivity contribution in [1.29, 1.82) is 0 Å². The Kier molecular flexibility index (Phi) is 4.08. The van der Waals surface area contributed by atoms with E-state index in [0.717, 1.165) is 11.0 Å². The molecule has 108 valence electrons. The van der Waals surface area contributed by atoms with Gasteiger partial charge in [0.1, 0.15) is 11.9 Å². The Labute approximate surface area is 118 Å². The molecule has 1 aliphatic rings. The topological polar surface area (TPSA) is 69.6 Å². The van der Waals surface area contributed by atoms with E-state index in [1.807, 2.05) is 0 Å². The lowest BCUT2D eigenvalue weighted by Gasteiger charge is -2.22. The highest BCUT2D eigenvalue weighted by Crippen LogP contribution is 2.27. The van der Waals surface area contributed by atoms with Gasteiger partial charge < -0.3 is 15.3 Å². The van der Waals surface area contributed by atoms with E-state index in [9.17, 15) is 18.4 Å². The molecule has 1 aromatic rings. The maximum absolute atomic E-state index is 13.5. The molecule has 2 N–H and O–H groups in total. The highest BCUT2D eigenvalue weighted by atomic mass is 35.5. The molecule has 0 saturated carbocycles. The van der Waals surface area contributed by atoms with Crippen LogP contribution >= 0.6 is 11.6 Å². The molecular formula is C12H11ClF2N2O3. The van der Waals surface area contributed by atoms with E-state index in [2.05, 4.69) is 5.32 Å². The van der Waals surface area contributed by atoms with Crippen molar-refractivity contribution in [2.24, 2.45) is 0 Å². The molecule has 1 fully saturated rings. The van der Waals surface area contributed by atoms with Crippen LogP contribution in [0.25, 0.3) is 0 Å². The summed E-state index contributed by atoms with van der Waals surface area (Å²) < 4.78 is 26.4. The highest BCUT2D eigenvalue weighted by molar-refractivity contribution is 6.33. The Balaban J connectivity index is 2.18. The van der Waals surface area contributed by atoms with Crippen LogP contribution in [0.2, 0.25) is 5.02 Å². The molecule has 1 atom stereocenters. The van der Waals surface area contributed by atoms with Crippen molar-refractivity contribution in [3.8, 4) is 0 Å². The van der Waals surface area contributed by atoms with Crippen LogP contribution in [0.15, 0.2) is 12.1 Å². The van der Waals surface area contributed by atoms with Gasteiger partial charge in [-0.2, -0.15) is 0 Å². The molecule has 5 nitrogen and oxygen atoms in total. The van der Waals surface area contributed by atoms with E-state index in [0.29, 0.717) is 18.9 Å². The zero-order valence-electron chi connectivity index (χ0n) is 10.2. The summed E-state index contributed by atoms with van der Waals surface area (Å²) in [6, 6.07) is -0.279. The van der Waals surface area contributed by atoms with Gasteiger partial charge in [-0.1, -0.05) is 11.6 Å². The quantitative estimate of drug-likeness (QED) is 0.882. The first-order valence-electron chi connectivity index (χ1n) is 5.85. The third-order valence-electron chi connectivity index (χ3n) is 3.04. The van der Waals surface area contributed by atoms with Crippen LogP contribution < -0.4 is 5.32 Å². The number of anilines is 1. The summed E-state index contributed by atoms with van der Waals surface area (Å²) in [7, 11) is 0. The number of halogens is 3. The summed E-state index contributed by atoms with van der Waals surface area (Å²) in [5, 5.41) is 10.9. The van der Waals surface area contributed by atoms with Crippen molar-refractivity contribution in [3.05, 3.63) is 28.8 Å². The zero-order chi connectivity index (χ0) is 14.9. The average Bonchev–Trinajstić information content (AvgIpc) is 2.82. The van der Waals surface area contributed by atoms with E-state index < -0.39 is 29.7 Å².